The van der Waals surface area contributed by atoms with Crippen molar-refractivity contribution in [1.82, 2.24) is 9.55 Å². The predicted molar refractivity (Wildman–Crippen MR) is 106 cm³/mol. The zero-order valence-electron chi connectivity index (χ0n) is 17.1. The quantitative estimate of drug-likeness (QED) is 0.644. The van der Waals surface area contributed by atoms with Gasteiger partial charge in [-0.1, -0.05) is 13.8 Å². The summed E-state index contributed by atoms with van der Waals surface area (Å²) in [6.07, 6.45) is 1.02. The van der Waals surface area contributed by atoms with E-state index >= 15 is 0 Å². The van der Waals surface area contributed by atoms with Gasteiger partial charge >= 0.3 is 5.69 Å². The monoisotopic (exact) mass is 405 g/mol. The first-order chi connectivity index (χ1) is 13.5. The van der Waals surface area contributed by atoms with Gasteiger partial charge in [0.1, 0.15) is 18.1 Å². The lowest BCUT2D eigenvalue weighted by atomic mass is 9.75. The Hall–Kier alpha value is -2.52. The molecule has 0 amide bonds. The fourth-order valence-electron chi connectivity index (χ4n) is 4.00. The van der Waals surface area contributed by atoms with Gasteiger partial charge in [-0.25, -0.2) is 4.79 Å². The molecule has 158 valence electrons. The normalized spacial score (nSPS) is 27.6. The van der Waals surface area contributed by atoms with Crippen molar-refractivity contribution < 1.29 is 19.7 Å². The van der Waals surface area contributed by atoms with Crippen molar-refractivity contribution in [3.05, 3.63) is 43.9 Å². The number of aryl methyl sites for hydroxylation is 1. The average molecular weight is 405 g/mol. The second kappa shape index (κ2) is 7.72. The van der Waals surface area contributed by atoms with Gasteiger partial charge in [-0.2, -0.15) is 0 Å². The molecule has 1 saturated heterocycles. The number of ketones is 1. The van der Waals surface area contributed by atoms with Crippen LogP contribution in [0.4, 0.5) is 0 Å². The second-order valence-corrected chi connectivity index (χ2v) is 8.57. The lowest BCUT2D eigenvalue weighted by Gasteiger charge is -2.29. The molecule has 0 spiro atoms. The van der Waals surface area contributed by atoms with E-state index in [-0.39, 0.29) is 35.6 Å². The highest BCUT2D eigenvalue weighted by molar-refractivity contribution is 6.22. The molecule has 3 N–H and O–H groups in total. The van der Waals surface area contributed by atoms with Crippen LogP contribution in [0.15, 0.2) is 32.1 Å². The first-order valence-electron chi connectivity index (χ1n) is 9.61. The highest BCUT2D eigenvalue weighted by Gasteiger charge is 2.38. The van der Waals surface area contributed by atoms with E-state index in [1.807, 2.05) is 13.8 Å². The van der Waals surface area contributed by atoms with Gasteiger partial charge in [0.05, 0.1) is 18.2 Å². The lowest BCUT2D eigenvalue weighted by molar-refractivity contribution is -0.117. The predicted octanol–water partition coefficient (Wildman–Crippen LogP) is 1.16. The molecule has 0 unspecified atom stereocenters. The van der Waals surface area contributed by atoms with Crippen molar-refractivity contribution in [2.75, 3.05) is 6.61 Å². The fraction of sp³-hybridized carbons (Fsp3) is 0.600. The molecule has 0 radical (unpaired) electrons. The number of nitrogens with zero attached hydrogens (tertiary/aromatic N) is 2. The summed E-state index contributed by atoms with van der Waals surface area (Å²) in [6.45, 7) is 6.76. The van der Waals surface area contributed by atoms with Crippen LogP contribution in [0.25, 0.3) is 0 Å². The van der Waals surface area contributed by atoms with E-state index in [9.17, 15) is 24.6 Å². The summed E-state index contributed by atoms with van der Waals surface area (Å²) in [5, 5.41) is 20.1. The molecule has 29 heavy (non-hydrogen) atoms. The topological polar surface area (TPSA) is 134 Å². The summed E-state index contributed by atoms with van der Waals surface area (Å²) in [7, 11) is 0. The van der Waals surface area contributed by atoms with Crippen LogP contribution in [-0.2, 0) is 9.53 Å². The van der Waals surface area contributed by atoms with Gasteiger partial charge in [0.15, 0.2) is 5.78 Å². The molecule has 1 aliphatic heterocycles. The van der Waals surface area contributed by atoms with Crippen molar-refractivity contribution in [2.24, 2.45) is 10.4 Å². The van der Waals surface area contributed by atoms with E-state index in [1.54, 1.807) is 13.8 Å². The van der Waals surface area contributed by atoms with Gasteiger partial charge in [-0.15, -0.1) is 0 Å². The molecule has 1 aliphatic carbocycles. The Balaban J connectivity index is 1.89. The van der Waals surface area contributed by atoms with Crippen LogP contribution in [0, 0.1) is 12.3 Å². The number of H-pyrrole nitrogens is 1. The summed E-state index contributed by atoms with van der Waals surface area (Å²) < 4.78 is 7.05. The first-order valence-corrected chi connectivity index (χ1v) is 9.61. The number of aromatic amines is 1. The third kappa shape index (κ3) is 4.25. The largest absolute Gasteiger partial charge is 0.511 e. The minimum Gasteiger partial charge on any atom is -0.511 e. The molecule has 3 atom stereocenters. The molecule has 0 aromatic carbocycles. The maximum Gasteiger partial charge on any atom is 0.330 e. The molecule has 9 heteroatoms. The number of Topliss-reactive ketones (excluding diaryl/α,β-unsaturated/α-hetero) is 1. The average Bonchev–Trinajstić information content (AvgIpc) is 2.98. The molecule has 3 rings (SSSR count). The minimum absolute atomic E-state index is 0.0241. The summed E-state index contributed by atoms with van der Waals surface area (Å²) in [4.78, 5) is 43.0. The summed E-state index contributed by atoms with van der Waals surface area (Å²) in [5.74, 6) is -0.139. The Morgan fingerprint density at radius 1 is 1.34 bits per heavy atom. The van der Waals surface area contributed by atoms with Crippen LogP contribution in [0.5, 0.6) is 0 Å². The number of hydrogen-bond acceptors (Lipinski definition) is 7. The molecule has 1 fully saturated rings. The van der Waals surface area contributed by atoms with Gasteiger partial charge in [-0.05, 0) is 19.3 Å². The van der Waals surface area contributed by atoms with Gasteiger partial charge in [0, 0.05) is 36.7 Å². The van der Waals surface area contributed by atoms with Gasteiger partial charge in [-0.3, -0.25) is 24.1 Å². The van der Waals surface area contributed by atoms with E-state index in [1.165, 1.54) is 10.8 Å². The molecular formula is C20H27N3O6. The second-order valence-electron chi connectivity index (χ2n) is 8.57. The van der Waals surface area contributed by atoms with Gasteiger partial charge in [0.25, 0.3) is 5.56 Å². The van der Waals surface area contributed by atoms with Gasteiger partial charge < -0.3 is 14.9 Å². The van der Waals surface area contributed by atoms with Crippen molar-refractivity contribution >= 4 is 11.5 Å². The molecule has 2 heterocycles. The van der Waals surface area contributed by atoms with E-state index < -0.39 is 29.6 Å². The van der Waals surface area contributed by atoms with Crippen LogP contribution in [0.2, 0.25) is 0 Å². The molecule has 1 aromatic rings. The summed E-state index contributed by atoms with van der Waals surface area (Å²) in [5.41, 5.74) is -0.392. The number of aliphatic hydroxyl groups is 2. The van der Waals surface area contributed by atoms with E-state index in [2.05, 4.69) is 9.98 Å². The first kappa shape index (κ1) is 21.2. The Bertz CT molecular complexity index is 1000. The zero-order chi connectivity index (χ0) is 21.5. The molecule has 0 bridgehead atoms. The van der Waals surface area contributed by atoms with Crippen LogP contribution in [-0.4, -0.2) is 50.0 Å². The number of aliphatic imine (C=N–C) groups is 1. The third-order valence-electron chi connectivity index (χ3n) is 5.41. The van der Waals surface area contributed by atoms with Crippen molar-refractivity contribution in [3.8, 4) is 0 Å². The van der Waals surface area contributed by atoms with E-state index in [0.29, 0.717) is 24.1 Å². The fourth-order valence-corrected chi connectivity index (χ4v) is 4.00. The highest BCUT2D eigenvalue weighted by atomic mass is 16.5. The Kier molecular flexibility index (Phi) is 5.64. The smallest absolute Gasteiger partial charge is 0.330 e. The highest BCUT2D eigenvalue weighted by Crippen LogP contribution is 2.37. The number of nitrogens with one attached hydrogen (secondary N) is 1. The van der Waals surface area contributed by atoms with Crippen LogP contribution >= 0.6 is 0 Å². The molecule has 1 aromatic heterocycles. The summed E-state index contributed by atoms with van der Waals surface area (Å²) in [6, 6.07) is -0.507. The number of allylic oxidation sites excluding steroid dienone is 2. The number of rotatable bonds is 4. The summed E-state index contributed by atoms with van der Waals surface area (Å²) >= 11 is 0. The Labute approximate surface area is 167 Å². The van der Waals surface area contributed by atoms with Crippen molar-refractivity contribution in [2.45, 2.75) is 65.3 Å². The van der Waals surface area contributed by atoms with E-state index in [0.717, 1.165) is 0 Å². The van der Waals surface area contributed by atoms with Crippen molar-refractivity contribution in [1.29, 1.82) is 0 Å². The maximum atomic E-state index is 12.5. The lowest BCUT2D eigenvalue weighted by Crippen LogP contribution is -2.33. The number of aliphatic hydroxyl groups excluding tert-OH is 2. The third-order valence-corrected chi connectivity index (χ3v) is 5.41. The molecule has 9 nitrogen and oxygen atoms in total. The zero-order valence-corrected chi connectivity index (χ0v) is 17.1. The van der Waals surface area contributed by atoms with E-state index in [4.69, 9.17) is 4.74 Å². The van der Waals surface area contributed by atoms with Crippen LogP contribution in [0.3, 0.4) is 0 Å². The maximum absolute atomic E-state index is 12.5. The Morgan fingerprint density at radius 2 is 2.03 bits per heavy atom. The van der Waals surface area contributed by atoms with Gasteiger partial charge in [0.2, 0.25) is 0 Å². The van der Waals surface area contributed by atoms with Crippen LogP contribution in [0.1, 0.15) is 51.8 Å². The number of carbonyl (C=O) groups excluding carboxylic acids is 1. The number of carbonyl (C=O) groups is 1. The van der Waals surface area contributed by atoms with Crippen molar-refractivity contribution in [3.63, 3.8) is 0 Å². The molecular weight excluding hydrogens is 378 g/mol. The standard InChI is InChI=1S/C20H27N3O6/c1-10-8-23(19(28)22-18(10)27)16-5-12(15(9-24)29-16)21-11(2)17-13(25)6-20(3,4)7-14(17)26/h8,12,15-16,24-25H,5-7,9H2,1-4H3,(H,22,27,28)/t12-,15+,16+/m0/s1. The SMILES string of the molecule is CC(=N[C@H]1C[C@H](n2cc(C)c(=O)[nH]c2=O)O[C@@H]1CO)C1=C(O)CC(C)(C)CC1=O. The van der Waals surface area contributed by atoms with Crippen LogP contribution < -0.4 is 11.2 Å². The molecule has 2 aliphatic rings. The molecule has 0 saturated carbocycles. The minimum atomic E-state index is -0.708. The number of hydrogen-bond donors (Lipinski definition) is 3. The Morgan fingerprint density at radius 3 is 2.66 bits per heavy atom. The number of aromatic nitrogens is 2. The number of ether oxygens (including phenoxy) is 1.